The standard InChI is InChI=1S/C28H31NO6/c1-32-25-14-11-22(27(16-25)33-2)17-29-18-23(30)19-35-24-12-9-21(10-13-24)26(28(31)34-3)15-20-7-5-4-6-8-20/h4-16,23,29-30H,17-19H2,1-3H3/b26-15+. The fraction of sp³-hybridized carbons (Fsp3) is 0.250. The van der Waals surface area contributed by atoms with Gasteiger partial charge >= 0.3 is 5.97 Å². The molecule has 7 nitrogen and oxygen atoms in total. The predicted molar refractivity (Wildman–Crippen MR) is 136 cm³/mol. The van der Waals surface area contributed by atoms with Gasteiger partial charge in [-0.1, -0.05) is 48.5 Å². The maximum absolute atomic E-state index is 12.3. The van der Waals surface area contributed by atoms with E-state index < -0.39 is 12.1 Å². The molecule has 0 fully saturated rings. The number of aliphatic hydroxyl groups is 1. The van der Waals surface area contributed by atoms with Gasteiger partial charge in [-0.15, -0.1) is 0 Å². The van der Waals surface area contributed by atoms with Crippen molar-refractivity contribution in [2.75, 3.05) is 34.5 Å². The summed E-state index contributed by atoms with van der Waals surface area (Å²) >= 11 is 0. The molecule has 3 aromatic rings. The smallest absolute Gasteiger partial charge is 0.338 e. The maximum atomic E-state index is 12.3. The van der Waals surface area contributed by atoms with Crippen molar-refractivity contribution in [1.29, 1.82) is 0 Å². The van der Waals surface area contributed by atoms with Crippen molar-refractivity contribution in [2.45, 2.75) is 12.6 Å². The molecule has 0 aliphatic heterocycles. The largest absolute Gasteiger partial charge is 0.497 e. The molecule has 0 amide bonds. The fourth-order valence-corrected chi connectivity index (χ4v) is 3.44. The molecule has 184 valence electrons. The first-order valence-corrected chi connectivity index (χ1v) is 11.2. The van der Waals surface area contributed by atoms with E-state index in [4.69, 9.17) is 18.9 Å². The summed E-state index contributed by atoms with van der Waals surface area (Å²) in [5, 5.41) is 13.5. The van der Waals surface area contributed by atoms with Crippen LogP contribution in [0.25, 0.3) is 11.6 Å². The first-order valence-electron chi connectivity index (χ1n) is 11.2. The summed E-state index contributed by atoms with van der Waals surface area (Å²) < 4.78 is 21.3. The monoisotopic (exact) mass is 477 g/mol. The summed E-state index contributed by atoms with van der Waals surface area (Å²) in [6.45, 7) is 0.998. The molecule has 7 heteroatoms. The zero-order valence-corrected chi connectivity index (χ0v) is 20.2. The van der Waals surface area contributed by atoms with E-state index in [9.17, 15) is 9.90 Å². The number of hydrogen-bond donors (Lipinski definition) is 2. The SMILES string of the molecule is COC(=O)/C(=C/c1ccccc1)c1ccc(OCC(O)CNCc2ccc(OC)cc2OC)cc1. The van der Waals surface area contributed by atoms with Gasteiger partial charge in [-0.2, -0.15) is 0 Å². The molecule has 35 heavy (non-hydrogen) atoms. The van der Waals surface area contributed by atoms with Crippen molar-refractivity contribution in [3.8, 4) is 17.2 Å². The number of esters is 1. The summed E-state index contributed by atoms with van der Waals surface area (Å²) in [5.41, 5.74) is 3.02. The Kier molecular flexibility index (Phi) is 9.71. The molecule has 2 N–H and O–H groups in total. The van der Waals surface area contributed by atoms with Crippen molar-refractivity contribution >= 4 is 17.6 Å². The van der Waals surface area contributed by atoms with Crippen LogP contribution >= 0.6 is 0 Å². The number of ether oxygens (including phenoxy) is 4. The van der Waals surface area contributed by atoms with Crippen LogP contribution in [0.2, 0.25) is 0 Å². The Morgan fingerprint density at radius 2 is 1.66 bits per heavy atom. The van der Waals surface area contributed by atoms with Crippen LogP contribution in [0.5, 0.6) is 17.2 Å². The predicted octanol–water partition coefficient (Wildman–Crippen LogP) is 3.95. The van der Waals surface area contributed by atoms with E-state index in [0.29, 0.717) is 30.0 Å². The van der Waals surface area contributed by atoms with E-state index in [1.54, 1.807) is 44.6 Å². The van der Waals surface area contributed by atoms with Gasteiger partial charge in [0, 0.05) is 24.7 Å². The summed E-state index contributed by atoms with van der Waals surface area (Å²) in [5.74, 6) is 1.61. The van der Waals surface area contributed by atoms with Crippen LogP contribution in [0.3, 0.4) is 0 Å². The van der Waals surface area contributed by atoms with E-state index >= 15 is 0 Å². The third-order valence-electron chi connectivity index (χ3n) is 5.31. The highest BCUT2D eigenvalue weighted by atomic mass is 16.5. The van der Waals surface area contributed by atoms with Gasteiger partial charge in [0.2, 0.25) is 0 Å². The Labute approximate surface area is 205 Å². The van der Waals surface area contributed by atoms with E-state index in [0.717, 1.165) is 22.6 Å². The van der Waals surface area contributed by atoms with Crippen LogP contribution in [-0.2, 0) is 16.1 Å². The molecule has 0 heterocycles. The Bertz CT molecular complexity index is 1110. The summed E-state index contributed by atoms with van der Waals surface area (Å²) in [7, 11) is 4.58. The first kappa shape index (κ1) is 25.8. The van der Waals surface area contributed by atoms with Gasteiger partial charge in [0.25, 0.3) is 0 Å². The number of nitrogens with one attached hydrogen (secondary N) is 1. The minimum atomic E-state index is -0.706. The zero-order valence-electron chi connectivity index (χ0n) is 20.2. The van der Waals surface area contributed by atoms with E-state index in [-0.39, 0.29) is 6.61 Å². The number of benzene rings is 3. The quantitative estimate of drug-likeness (QED) is 0.232. The number of carbonyl (C=O) groups is 1. The highest BCUT2D eigenvalue weighted by molar-refractivity contribution is 6.21. The topological polar surface area (TPSA) is 86.3 Å². The molecule has 0 aliphatic rings. The minimum Gasteiger partial charge on any atom is -0.497 e. The molecular formula is C28H31NO6. The molecule has 0 bridgehead atoms. The Morgan fingerprint density at radius 1 is 0.943 bits per heavy atom. The molecule has 0 saturated heterocycles. The molecule has 0 aromatic heterocycles. The van der Waals surface area contributed by atoms with Gasteiger partial charge in [0.05, 0.1) is 26.9 Å². The van der Waals surface area contributed by atoms with E-state index in [1.165, 1.54) is 7.11 Å². The zero-order chi connectivity index (χ0) is 25.0. The minimum absolute atomic E-state index is 0.121. The highest BCUT2D eigenvalue weighted by Gasteiger charge is 2.13. The van der Waals surface area contributed by atoms with Crippen LogP contribution < -0.4 is 19.5 Å². The Hall–Kier alpha value is -3.81. The molecule has 3 rings (SSSR count). The fourth-order valence-electron chi connectivity index (χ4n) is 3.44. The summed E-state index contributed by atoms with van der Waals surface area (Å²) in [4.78, 5) is 12.3. The van der Waals surface area contributed by atoms with Crippen molar-refractivity contribution in [3.05, 3.63) is 89.5 Å². The Balaban J connectivity index is 1.53. The average molecular weight is 478 g/mol. The van der Waals surface area contributed by atoms with Crippen molar-refractivity contribution < 1.29 is 28.8 Å². The molecule has 0 saturated carbocycles. The van der Waals surface area contributed by atoms with Gasteiger partial charge in [-0.25, -0.2) is 4.79 Å². The van der Waals surface area contributed by atoms with Crippen LogP contribution in [0.4, 0.5) is 0 Å². The number of rotatable bonds is 12. The lowest BCUT2D eigenvalue weighted by atomic mass is 10.0. The van der Waals surface area contributed by atoms with Gasteiger partial charge < -0.3 is 29.4 Å². The van der Waals surface area contributed by atoms with Crippen LogP contribution in [0, 0.1) is 0 Å². The van der Waals surface area contributed by atoms with Gasteiger partial charge in [0.1, 0.15) is 30.0 Å². The lowest BCUT2D eigenvalue weighted by Crippen LogP contribution is -2.31. The van der Waals surface area contributed by atoms with Gasteiger partial charge in [0.15, 0.2) is 0 Å². The van der Waals surface area contributed by atoms with Crippen LogP contribution in [0.15, 0.2) is 72.8 Å². The lowest BCUT2D eigenvalue weighted by Gasteiger charge is -2.15. The number of aliphatic hydroxyl groups excluding tert-OH is 1. The molecule has 0 radical (unpaired) electrons. The molecule has 0 spiro atoms. The second-order valence-electron chi connectivity index (χ2n) is 7.76. The molecule has 1 atom stereocenters. The van der Waals surface area contributed by atoms with Crippen molar-refractivity contribution in [3.63, 3.8) is 0 Å². The Morgan fingerprint density at radius 3 is 2.31 bits per heavy atom. The summed E-state index contributed by atoms with van der Waals surface area (Å²) in [6.07, 6.45) is 1.08. The van der Waals surface area contributed by atoms with E-state index in [2.05, 4.69) is 5.32 Å². The number of methoxy groups -OCH3 is 3. The maximum Gasteiger partial charge on any atom is 0.338 e. The number of hydrogen-bond acceptors (Lipinski definition) is 7. The van der Waals surface area contributed by atoms with Crippen LogP contribution in [-0.4, -0.2) is 51.7 Å². The second-order valence-corrected chi connectivity index (χ2v) is 7.76. The summed E-state index contributed by atoms with van der Waals surface area (Å²) in [6, 6.07) is 22.3. The van der Waals surface area contributed by atoms with Gasteiger partial charge in [-0.3, -0.25) is 0 Å². The third-order valence-corrected chi connectivity index (χ3v) is 5.31. The second kappa shape index (κ2) is 13.2. The highest BCUT2D eigenvalue weighted by Crippen LogP contribution is 2.25. The van der Waals surface area contributed by atoms with Crippen molar-refractivity contribution in [2.24, 2.45) is 0 Å². The third kappa shape index (κ3) is 7.60. The average Bonchev–Trinajstić information content (AvgIpc) is 2.91. The first-order chi connectivity index (χ1) is 17.0. The van der Waals surface area contributed by atoms with Crippen LogP contribution in [0.1, 0.15) is 16.7 Å². The lowest BCUT2D eigenvalue weighted by molar-refractivity contribution is -0.133. The van der Waals surface area contributed by atoms with E-state index in [1.807, 2.05) is 48.5 Å². The van der Waals surface area contributed by atoms with Crippen molar-refractivity contribution in [1.82, 2.24) is 5.32 Å². The molecule has 3 aromatic carbocycles. The number of carbonyl (C=O) groups excluding carboxylic acids is 1. The normalized spacial score (nSPS) is 12.1. The molecular weight excluding hydrogens is 446 g/mol. The molecule has 0 aliphatic carbocycles. The van der Waals surface area contributed by atoms with Gasteiger partial charge in [-0.05, 0) is 35.4 Å². The molecule has 1 unspecified atom stereocenters.